The Kier molecular flexibility index (Phi) is 12.8. The summed E-state index contributed by atoms with van der Waals surface area (Å²) in [5.41, 5.74) is 0. The number of carbonyl (C=O) groups is 2. The Balaban J connectivity index is 1.26. The number of hydrogen-bond donors (Lipinski definition) is 0. The molecule has 0 aromatic carbocycles. The molecule has 0 bridgehead atoms. The quantitative estimate of drug-likeness (QED) is 0.266. The summed E-state index contributed by atoms with van der Waals surface area (Å²) in [6, 6.07) is 0. The van der Waals surface area contributed by atoms with Gasteiger partial charge in [0, 0.05) is 36.3 Å². The molecule has 2 heterocycles. The van der Waals surface area contributed by atoms with E-state index < -0.39 is 0 Å². The summed E-state index contributed by atoms with van der Waals surface area (Å²) in [6.07, 6.45) is 17.1. The number of carbonyl (C=O) groups excluding carboxylic acids is 2. The molecule has 0 saturated heterocycles. The number of imidazole rings is 2. The van der Waals surface area contributed by atoms with Gasteiger partial charge in [-0.25, -0.2) is 28.7 Å². The van der Waals surface area contributed by atoms with Crippen molar-refractivity contribution < 1.29 is 19.1 Å². The minimum absolute atomic E-state index is 0.366. The van der Waals surface area contributed by atoms with E-state index >= 15 is 0 Å². The Morgan fingerprint density at radius 2 is 1.10 bits per heavy atom. The van der Waals surface area contributed by atoms with Crippen LogP contribution in [0.5, 0.6) is 0 Å². The maximum Gasteiger partial charge on any atom is 0.419 e. The Labute approximate surface area is 185 Å². The number of unbranched alkanes of at least 4 members (excludes halogenated alkanes) is 6. The zero-order valence-corrected chi connectivity index (χ0v) is 18.8. The standard InChI is InChI=1S/C20H30N4O4S2/c25-19(23-11-9-21-17-23)27-13-5-1-3-7-15-29-30-16-8-4-2-6-14-28-20(26)24-12-10-22-18-24/h9-12,17-18H,1-8,13-16H2. The van der Waals surface area contributed by atoms with Crippen molar-refractivity contribution in [2.75, 3.05) is 24.7 Å². The number of rotatable bonds is 15. The molecule has 0 N–H and O–H groups in total. The Morgan fingerprint density at radius 3 is 1.50 bits per heavy atom. The van der Waals surface area contributed by atoms with Gasteiger partial charge in [0.2, 0.25) is 0 Å². The Hall–Kier alpha value is -1.94. The van der Waals surface area contributed by atoms with E-state index in [0.717, 1.165) is 50.0 Å². The van der Waals surface area contributed by atoms with Crippen molar-refractivity contribution >= 4 is 33.8 Å². The van der Waals surface area contributed by atoms with Crippen molar-refractivity contribution in [1.82, 2.24) is 19.1 Å². The topological polar surface area (TPSA) is 88.2 Å². The van der Waals surface area contributed by atoms with E-state index in [0.29, 0.717) is 13.2 Å². The zero-order chi connectivity index (χ0) is 21.3. The first-order chi connectivity index (χ1) is 14.8. The van der Waals surface area contributed by atoms with Crippen molar-refractivity contribution in [1.29, 1.82) is 0 Å². The van der Waals surface area contributed by atoms with Crippen molar-refractivity contribution in [2.45, 2.75) is 51.4 Å². The lowest BCUT2D eigenvalue weighted by Gasteiger charge is -2.05. The monoisotopic (exact) mass is 454 g/mol. The molecule has 0 atom stereocenters. The third-order valence-corrected chi connectivity index (χ3v) is 6.79. The van der Waals surface area contributed by atoms with Gasteiger partial charge in [0.1, 0.15) is 12.7 Å². The maximum atomic E-state index is 11.6. The summed E-state index contributed by atoms with van der Waals surface area (Å²) in [7, 11) is 3.87. The van der Waals surface area contributed by atoms with Crippen LogP contribution in [0.2, 0.25) is 0 Å². The van der Waals surface area contributed by atoms with Crippen LogP contribution in [-0.4, -0.2) is 56.0 Å². The largest absolute Gasteiger partial charge is 0.449 e. The molecule has 0 aliphatic carbocycles. The molecule has 0 amide bonds. The molecule has 0 radical (unpaired) electrons. The van der Waals surface area contributed by atoms with Gasteiger partial charge in [-0.1, -0.05) is 47.3 Å². The molecule has 166 valence electrons. The van der Waals surface area contributed by atoms with Crippen LogP contribution in [0.3, 0.4) is 0 Å². The highest BCUT2D eigenvalue weighted by atomic mass is 33.1. The summed E-state index contributed by atoms with van der Waals surface area (Å²) in [4.78, 5) is 30.8. The number of aromatic nitrogens is 4. The van der Waals surface area contributed by atoms with E-state index in [9.17, 15) is 9.59 Å². The number of hydrogen-bond acceptors (Lipinski definition) is 8. The molecule has 30 heavy (non-hydrogen) atoms. The SMILES string of the molecule is O=C(OCCCCCCSSCCCCCCOC(=O)n1ccnc1)n1ccnc1. The van der Waals surface area contributed by atoms with Gasteiger partial charge in [0.05, 0.1) is 13.2 Å². The summed E-state index contributed by atoms with van der Waals surface area (Å²) >= 11 is 0. The van der Waals surface area contributed by atoms with Crippen LogP contribution in [0.25, 0.3) is 0 Å². The predicted molar refractivity (Wildman–Crippen MR) is 120 cm³/mol. The average Bonchev–Trinajstić information content (AvgIpc) is 3.47. The smallest absolute Gasteiger partial charge is 0.419 e. The second-order valence-corrected chi connectivity index (χ2v) is 9.34. The molecule has 10 heteroatoms. The van der Waals surface area contributed by atoms with Crippen LogP contribution >= 0.6 is 21.6 Å². The summed E-state index contributed by atoms with van der Waals surface area (Å²) in [5, 5.41) is 0. The fraction of sp³-hybridized carbons (Fsp3) is 0.600. The average molecular weight is 455 g/mol. The first-order valence-electron chi connectivity index (χ1n) is 10.3. The molecule has 0 fully saturated rings. The molecule has 0 aliphatic rings. The predicted octanol–water partition coefficient (Wildman–Crippen LogP) is 5.25. The van der Waals surface area contributed by atoms with Crippen LogP contribution in [0.15, 0.2) is 37.4 Å². The van der Waals surface area contributed by atoms with E-state index in [1.807, 2.05) is 21.6 Å². The molecule has 0 unspecified atom stereocenters. The van der Waals surface area contributed by atoms with E-state index in [4.69, 9.17) is 9.47 Å². The second kappa shape index (κ2) is 15.8. The van der Waals surface area contributed by atoms with Crippen molar-refractivity contribution in [3.8, 4) is 0 Å². The highest BCUT2D eigenvalue weighted by Gasteiger charge is 2.04. The van der Waals surface area contributed by atoms with Gasteiger partial charge in [-0.15, -0.1) is 0 Å². The van der Waals surface area contributed by atoms with Crippen molar-refractivity contribution in [3.05, 3.63) is 37.4 Å². The van der Waals surface area contributed by atoms with Crippen molar-refractivity contribution in [2.24, 2.45) is 0 Å². The van der Waals surface area contributed by atoms with Gasteiger partial charge in [-0.3, -0.25) is 0 Å². The minimum atomic E-state index is -0.366. The Bertz CT molecular complexity index is 635. The van der Waals surface area contributed by atoms with Crippen LogP contribution in [0, 0.1) is 0 Å². The maximum absolute atomic E-state index is 11.6. The van der Waals surface area contributed by atoms with Crippen molar-refractivity contribution in [3.63, 3.8) is 0 Å². The van der Waals surface area contributed by atoms with Gasteiger partial charge >= 0.3 is 12.2 Å². The fourth-order valence-electron chi connectivity index (χ4n) is 2.55. The highest BCUT2D eigenvalue weighted by molar-refractivity contribution is 8.76. The van der Waals surface area contributed by atoms with E-state index in [1.165, 1.54) is 34.6 Å². The third-order valence-electron chi connectivity index (χ3n) is 4.21. The lowest BCUT2D eigenvalue weighted by Crippen LogP contribution is -2.12. The van der Waals surface area contributed by atoms with Gasteiger partial charge < -0.3 is 9.47 Å². The normalized spacial score (nSPS) is 10.8. The van der Waals surface area contributed by atoms with Crippen LogP contribution in [0.1, 0.15) is 51.4 Å². The summed E-state index contributed by atoms with van der Waals surface area (Å²) in [5.74, 6) is 2.31. The Morgan fingerprint density at radius 1 is 0.667 bits per heavy atom. The summed E-state index contributed by atoms with van der Waals surface area (Å²) in [6.45, 7) is 0.920. The first kappa shape index (κ1) is 24.3. The molecule has 8 nitrogen and oxygen atoms in total. The molecular weight excluding hydrogens is 424 g/mol. The minimum Gasteiger partial charge on any atom is -0.449 e. The fourth-order valence-corrected chi connectivity index (χ4v) is 4.85. The third kappa shape index (κ3) is 10.7. The molecule has 0 spiro atoms. The molecule has 0 saturated carbocycles. The molecular formula is C20H30N4O4S2. The number of nitrogens with zero attached hydrogens (tertiary/aromatic N) is 4. The first-order valence-corrected chi connectivity index (χ1v) is 12.8. The van der Waals surface area contributed by atoms with Gasteiger partial charge in [0.15, 0.2) is 0 Å². The van der Waals surface area contributed by atoms with E-state index in [2.05, 4.69) is 9.97 Å². The van der Waals surface area contributed by atoms with E-state index in [-0.39, 0.29) is 12.2 Å². The van der Waals surface area contributed by atoms with E-state index in [1.54, 1.807) is 24.8 Å². The van der Waals surface area contributed by atoms with Gasteiger partial charge in [-0.2, -0.15) is 0 Å². The highest BCUT2D eigenvalue weighted by Crippen LogP contribution is 2.24. The van der Waals surface area contributed by atoms with Gasteiger partial charge in [0.25, 0.3) is 0 Å². The lowest BCUT2D eigenvalue weighted by molar-refractivity contribution is 0.144. The molecule has 2 rings (SSSR count). The second-order valence-electron chi connectivity index (χ2n) is 6.64. The summed E-state index contributed by atoms with van der Waals surface area (Å²) < 4.78 is 13.0. The van der Waals surface area contributed by atoms with Crippen LogP contribution in [0.4, 0.5) is 9.59 Å². The van der Waals surface area contributed by atoms with Gasteiger partial charge in [-0.05, 0) is 25.7 Å². The zero-order valence-electron chi connectivity index (χ0n) is 17.2. The van der Waals surface area contributed by atoms with Crippen LogP contribution in [-0.2, 0) is 9.47 Å². The molecule has 2 aromatic heterocycles. The molecule has 0 aliphatic heterocycles. The lowest BCUT2D eigenvalue weighted by atomic mass is 10.2. The van der Waals surface area contributed by atoms with Crippen LogP contribution < -0.4 is 0 Å². The number of ether oxygens (including phenoxy) is 2. The molecule has 2 aromatic rings.